The van der Waals surface area contributed by atoms with E-state index in [4.69, 9.17) is 9.47 Å². The zero-order valence-corrected chi connectivity index (χ0v) is 16.4. The van der Waals surface area contributed by atoms with E-state index in [0.29, 0.717) is 6.42 Å². The van der Waals surface area contributed by atoms with Crippen LogP contribution < -0.4 is 0 Å². The average Bonchev–Trinajstić information content (AvgIpc) is 2.82. The fourth-order valence-electron chi connectivity index (χ4n) is 4.61. The Kier molecular flexibility index (Phi) is 4.74. The third-order valence-electron chi connectivity index (χ3n) is 5.74. The molecule has 1 saturated heterocycles. The normalized spacial score (nSPS) is 29.6. The van der Waals surface area contributed by atoms with Crippen molar-refractivity contribution in [3.8, 4) is 0 Å². The van der Waals surface area contributed by atoms with Crippen molar-refractivity contribution >= 4 is 0 Å². The van der Waals surface area contributed by atoms with Gasteiger partial charge in [0.1, 0.15) is 11.7 Å². The molecular formula is C21H29NO4. The summed E-state index contributed by atoms with van der Waals surface area (Å²) in [5, 5.41) is 10.9. The van der Waals surface area contributed by atoms with Gasteiger partial charge in [-0.3, -0.25) is 10.1 Å². The van der Waals surface area contributed by atoms with Crippen LogP contribution in [0.4, 0.5) is 0 Å². The van der Waals surface area contributed by atoms with Gasteiger partial charge in [0, 0.05) is 16.8 Å². The van der Waals surface area contributed by atoms with Gasteiger partial charge in [-0.15, -0.1) is 0 Å². The number of nitro groups is 1. The first-order valence-corrected chi connectivity index (χ1v) is 9.32. The van der Waals surface area contributed by atoms with Crippen molar-refractivity contribution in [3.63, 3.8) is 0 Å². The Morgan fingerprint density at radius 1 is 1.23 bits per heavy atom. The van der Waals surface area contributed by atoms with E-state index in [-0.39, 0.29) is 23.0 Å². The molecule has 0 N–H and O–H groups in total. The highest BCUT2D eigenvalue weighted by Crippen LogP contribution is 2.59. The Hall–Kier alpha value is -1.72. The van der Waals surface area contributed by atoms with Crippen LogP contribution >= 0.6 is 0 Å². The van der Waals surface area contributed by atoms with Gasteiger partial charge in [-0.2, -0.15) is 0 Å². The van der Waals surface area contributed by atoms with Crippen molar-refractivity contribution in [2.24, 2.45) is 5.41 Å². The SMILES string of the molecule is CC1=CC(C)(C)[C@]2(CC1)OC(C)(C)O[C@H]2c1ccccc1CC[N+](=O)[O-]. The largest absolute Gasteiger partial charge is 0.340 e. The van der Waals surface area contributed by atoms with Crippen LogP contribution in [0.3, 0.4) is 0 Å². The number of nitrogens with zero attached hydrogens (tertiary/aromatic N) is 1. The molecule has 0 amide bonds. The van der Waals surface area contributed by atoms with Gasteiger partial charge < -0.3 is 9.47 Å². The van der Waals surface area contributed by atoms with Gasteiger partial charge in [0.25, 0.3) is 0 Å². The second-order valence-corrected chi connectivity index (χ2v) is 8.61. The molecule has 2 atom stereocenters. The van der Waals surface area contributed by atoms with E-state index >= 15 is 0 Å². The van der Waals surface area contributed by atoms with Gasteiger partial charge in [-0.05, 0) is 44.7 Å². The second-order valence-electron chi connectivity index (χ2n) is 8.61. The number of allylic oxidation sites excluding steroid dienone is 1. The lowest BCUT2D eigenvalue weighted by Gasteiger charge is -2.48. The Labute approximate surface area is 155 Å². The summed E-state index contributed by atoms with van der Waals surface area (Å²) in [6, 6.07) is 7.92. The second kappa shape index (κ2) is 6.46. The van der Waals surface area contributed by atoms with Crippen LogP contribution in [-0.4, -0.2) is 22.9 Å². The van der Waals surface area contributed by atoms with Crippen molar-refractivity contribution in [2.75, 3.05) is 6.54 Å². The highest BCUT2D eigenvalue weighted by atomic mass is 16.8. The molecule has 0 radical (unpaired) electrons. The van der Waals surface area contributed by atoms with E-state index in [1.807, 2.05) is 38.1 Å². The molecule has 1 aromatic carbocycles. The molecule has 0 saturated carbocycles. The summed E-state index contributed by atoms with van der Waals surface area (Å²) >= 11 is 0. The minimum Gasteiger partial charge on any atom is -0.340 e. The van der Waals surface area contributed by atoms with E-state index in [9.17, 15) is 10.1 Å². The van der Waals surface area contributed by atoms with Gasteiger partial charge in [-0.25, -0.2) is 0 Å². The van der Waals surface area contributed by atoms with Crippen LogP contribution in [0.15, 0.2) is 35.9 Å². The van der Waals surface area contributed by atoms with Crippen LogP contribution in [0, 0.1) is 15.5 Å². The first-order chi connectivity index (χ1) is 12.1. The summed E-state index contributed by atoms with van der Waals surface area (Å²) in [6.45, 7) is 10.4. The molecular weight excluding hydrogens is 330 g/mol. The van der Waals surface area contributed by atoms with Crippen molar-refractivity contribution in [1.29, 1.82) is 0 Å². The molecule has 1 fully saturated rings. The molecule has 1 aliphatic carbocycles. The Morgan fingerprint density at radius 2 is 1.92 bits per heavy atom. The maximum absolute atomic E-state index is 10.9. The molecule has 5 nitrogen and oxygen atoms in total. The predicted molar refractivity (Wildman–Crippen MR) is 101 cm³/mol. The van der Waals surface area contributed by atoms with Gasteiger partial charge in [0.2, 0.25) is 6.54 Å². The number of hydrogen-bond donors (Lipinski definition) is 0. The molecule has 1 aromatic rings. The lowest BCUT2D eigenvalue weighted by molar-refractivity contribution is -0.479. The van der Waals surface area contributed by atoms with Crippen LogP contribution in [0.2, 0.25) is 0 Å². The summed E-state index contributed by atoms with van der Waals surface area (Å²) < 4.78 is 13.0. The number of benzene rings is 1. The van der Waals surface area contributed by atoms with E-state index in [1.54, 1.807) is 0 Å². The van der Waals surface area contributed by atoms with Crippen molar-refractivity contribution < 1.29 is 14.4 Å². The first kappa shape index (κ1) is 19.1. The summed E-state index contributed by atoms with van der Waals surface area (Å²) in [5.41, 5.74) is 2.66. The average molecular weight is 359 g/mol. The predicted octanol–water partition coefficient (Wildman–Crippen LogP) is 4.83. The summed E-state index contributed by atoms with van der Waals surface area (Å²) in [6.07, 6.45) is 4.29. The van der Waals surface area contributed by atoms with Crippen molar-refractivity contribution in [2.45, 2.75) is 71.4 Å². The van der Waals surface area contributed by atoms with Gasteiger partial charge in [0.15, 0.2) is 5.79 Å². The molecule has 1 spiro atoms. The first-order valence-electron chi connectivity index (χ1n) is 9.32. The zero-order valence-electron chi connectivity index (χ0n) is 16.4. The van der Waals surface area contributed by atoms with Gasteiger partial charge in [-0.1, -0.05) is 49.8 Å². The monoisotopic (exact) mass is 359 g/mol. The van der Waals surface area contributed by atoms with Crippen LogP contribution in [0.1, 0.15) is 64.7 Å². The molecule has 0 unspecified atom stereocenters. The van der Waals surface area contributed by atoms with Crippen molar-refractivity contribution in [3.05, 3.63) is 57.2 Å². The molecule has 0 aromatic heterocycles. The van der Waals surface area contributed by atoms with Crippen LogP contribution in [0.25, 0.3) is 0 Å². The minimum absolute atomic E-state index is 0.0800. The summed E-state index contributed by atoms with van der Waals surface area (Å²) in [7, 11) is 0. The fourth-order valence-corrected chi connectivity index (χ4v) is 4.61. The van der Waals surface area contributed by atoms with E-state index in [2.05, 4.69) is 26.8 Å². The number of hydrogen-bond acceptors (Lipinski definition) is 4. The molecule has 2 aliphatic rings. The topological polar surface area (TPSA) is 61.6 Å². The van der Waals surface area contributed by atoms with Crippen LogP contribution in [0.5, 0.6) is 0 Å². The summed E-state index contributed by atoms with van der Waals surface area (Å²) in [4.78, 5) is 10.6. The zero-order chi connectivity index (χ0) is 19.2. The molecule has 1 aliphatic heterocycles. The molecule has 1 heterocycles. The lowest BCUT2D eigenvalue weighted by Crippen LogP contribution is -2.50. The molecule has 5 heteroatoms. The van der Waals surface area contributed by atoms with E-state index in [0.717, 1.165) is 24.0 Å². The molecule has 26 heavy (non-hydrogen) atoms. The Morgan fingerprint density at radius 3 is 2.58 bits per heavy atom. The lowest BCUT2D eigenvalue weighted by atomic mass is 9.63. The minimum atomic E-state index is -0.697. The Balaban J connectivity index is 2.07. The summed E-state index contributed by atoms with van der Waals surface area (Å²) in [5.74, 6) is -0.697. The van der Waals surface area contributed by atoms with Crippen LogP contribution in [-0.2, 0) is 15.9 Å². The third-order valence-corrected chi connectivity index (χ3v) is 5.74. The smallest absolute Gasteiger partial charge is 0.207 e. The number of rotatable bonds is 4. The third kappa shape index (κ3) is 3.30. The molecule has 0 bridgehead atoms. The van der Waals surface area contributed by atoms with E-state index < -0.39 is 11.4 Å². The highest BCUT2D eigenvalue weighted by molar-refractivity contribution is 5.35. The maximum atomic E-state index is 10.9. The van der Waals surface area contributed by atoms with Crippen molar-refractivity contribution in [1.82, 2.24) is 0 Å². The Bertz CT molecular complexity index is 737. The highest BCUT2D eigenvalue weighted by Gasteiger charge is 2.61. The van der Waals surface area contributed by atoms with E-state index in [1.165, 1.54) is 5.57 Å². The molecule has 142 valence electrons. The van der Waals surface area contributed by atoms with Gasteiger partial charge >= 0.3 is 0 Å². The number of ether oxygens (including phenoxy) is 2. The fraction of sp³-hybridized carbons (Fsp3) is 0.619. The van der Waals surface area contributed by atoms with Gasteiger partial charge in [0.05, 0.1) is 0 Å². The standard InChI is InChI=1S/C21H29NO4/c1-15-10-12-21(19(2,3)14-15)18(25-20(4,5)26-21)17-9-7-6-8-16(17)11-13-22(23)24/h6-9,14,18H,10-13H2,1-5H3/t18-,21+/m0/s1. The molecule has 3 rings (SSSR count). The maximum Gasteiger partial charge on any atom is 0.207 e. The quantitative estimate of drug-likeness (QED) is 0.439.